The lowest BCUT2D eigenvalue weighted by atomic mass is 10.3. The molecule has 0 atom stereocenters. The zero-order valence-electron chi connectivity index (χ0n) is 9.34. The van der Waals surface area contributed by atoms with Crippen LogP contribution >= 0.6 is 11.8 Å². The predicted molar refractivity (Wildman–Crippen MR) is 68.9 cm³/mol. The molecule has 1 N–H and O–H groups in total. The number of hydrogen-bond donors (Lipinski definition) is 1. The van der Waals surface area contributed by atoms with Crippen molar-refractivity contribution in [2.75, 3.05) is 12.5 Å². The van der Waals surface area contributed by atoms with Gasteiger partial charge in [-0.25, -0.2) is 13.4 Å². The van der Waals surface area contributed by atoms with Crippen molar-refractivity contribution in [3.05, 3.63) is 24.3 Å². The van der Waals surface area contributed by atoms with Gasteiger partial charge in [0, 0.05) is 6.26 Å². The SMILES string of the molecule is CSC(=Nc1ccc(S(C)(=O)=O)cc1)NC#N. The van der Waals surface area contributed by atoms with Gasteiger partial charge in [0.05, 0.1) is 10.6 Å². The Morgan fingerprint density at radius 1 is 1.41 bits per heavy atom. The summed E-state index contributed by atoms with van der Waals surface area (Å²) in [5.41, 5.74) is 0.588. The van der Waals surface area contributed by atoms with Crippen molar-refractivity contribution in [3.63, 3.8) is 0 Å². The van der Waals surface area contributed by atoms with Gasteiger partial charge in [-0.05, 0) is 30.5 Å². The first kappa shape index (κ1) is 13.5. The molecule has 0 amide bonds. The van der Waals surface area contributed by atoms with E-state index in [0.29, 0.717) is 10.9 Å². The highest BCUT2D eigenvalue weighted by molar-refractivity contribution is 8.13. The summed E-state index contributed by atoms with van der Waals surface area (Å²) in [7, 11) is -3.19. The molecule has 0 saturated heterocycles. The molecule has 5 nitrogen and oxygen atoms in total. The molecule has 90 valence electrons. The highest BCUT2D eigenvalue weighted by Crippen LogP contribution is 2.17. The molecule has 0 heterocycles. The van der Waals surface area contributed by atoms with Crippen LogP contribution in [0, 0.1) is 11.5 Å². The van der Waals surface area contributed by atoms with Gasteiger partial charge < -0.3 is 0 Å². The first-order chi connectivity index (χ1) is 7.97. The molecule has 0 fully saturated rings. The third kappa shape index (κ3) is 4.09. The third-order valence-corrected chi connectivity index (χ3v) is 3.56. The van der Waals surface area contributed by atoms with Gasteiger partial charge in [0.15, 0.2) is 21.2 Å². The minimum absolute atomic E-state index is 0.246. The van der Waals surface area contributed by atoms with Crippen LogP contribution in [0.15, 0.2) is 34.2 Å². The van der Waals surface area contributed by atoms with Crippen LogP contribution in [0.4, 0.5) is 5.69 Å². The van der Waals surface area contributed by atoms with Gasteiger partial charge in [0.2, 0.25) is 0 Å². The topological polar surface area (TPSA) is 82.3 Å². The van der Waals surface area contributed by atoms with Gasteiger partial charge in [-0.2, -0.15) is 5.26 Å². The summed E-state index contributed by atoms with van der Waals surface area (Å²) in [5, 5.41) is 11.3. The van der Waals surface area contributed by atoms with E-state index < -0.39 is 9.84 Å². The second-order valence-corrected chi connectivity index (χ2v) is 5.93. The molecule has 0 aliphatic carbocycles. The smallest absolute Gasteiger partial charge is 0.183 e. The van der Waals surface area contributed by atoms with Crippen LogP contribution in [0.25, 0.3) is 0 Å². The summed E-state index contributed by atoms with van der Waals surface area (Å²) in [6.07, 6.45) is 4.71. The number of rotatable bonds is 2. The average Bonchev–Trinajstić information content (AvgIpc) is 2.28. The number of sulfone groups is 1. The Kier molecular flexibility index (Phi) is 4.54. The Morgan fingerprint density at radius 2 is 2.00 bits per heavy atom. The van der Waals surface area contributed by atoms with Crippen LogP contribution in [0.3, 0.4) is 0 Å². The standard InChI is InChI=1S/C10H11N3O2S2/c1-16-10(12-7-11)13-8-3-5-9(6-4-8)17(2,14)15/h3-6H,1-2H3,(H,12,13). The molecule has 0 aliphatic rings. The van der Waals surface area contributed by atoms with Gasteiger partial charge in [-0.1, -0.05) is 11.8 Å². The Labute approximate surface area is 104 Å². The van der Waals surface area contributed by atoms with Crippen LogP contribution in [0.2, 0.25) is 0 Å². The Hall–Kier alpha value is -1.52. The van der Waals surface area contributed by atoms with Gasteiger partial charge in [-0.15, -0.1) is 0 Å². The molecule has 0 radical (unpaired) electrons. The number of amidine groups is 1. The molecule has 0 aromatic heterocycles. The maximum Gasteiger partial charge on any atom is 0.183 e. The monoisotopic (exact) mass is 269 g/mol. The van der Waals surface area contributed by atoms with Crippen LogP contribution < -0.4 is 5.32 Å². The summed E-state index contributed by atoms with van der Waals surface area (Å²) in [6.45, 7) is 0. The lowest BCUT2D eigenvalue weighted by Gasteiger charge is -2.01. The largest absolute Gasteiger partial charge is 0.271 e. The first-order valence-corrected chi connectivity index (χ1v) is 7.67. The van der Waals surface area contributed by atoms with Gasteiger partial charge >= 0.3 is 0 Å². The molecule has 1 rings (SSSR count). The Bertz CT molecular complexity index is 556. The van der Waals surface area contributed by atoms with Crippen molar-refractivity contribution >= 4 is 32.5 Å². The Morgan fingerprint density at radius 3 is 2.41 bits per heavy atom. The van der Waals surface area contributed by atoms with Crippen molar-refractivity contribution in [1.82, 2.24) is 5.32 Å². The molecule has 1 aromatic carbocycles. The number of nitriles is 1. The third-order valence-electron chi connectivity index (χ3n) is 1.85. The normalized spacial score (nSPS) is 11.9. The van der Waals surface area contributed by atoms with Gasteiger partial charge in [-0.3, -0.25) is 5.32 Å². The van der Waals surface area contributed by atoms with E-state index >= 15 is 0 Å². The zero-order chi connectivity index (χ0) is 12.9. The lowest BCUT2D eigenvalue weighted by molar-refractivity contribution is 0.602. The fourth-order valence-corrected chi connectivity index (χ4v) is 2.03. The van der Waals surface area contributed by atoms with Gasteiger partial charge in [0.1, 0.15) is 0 Å². The van der Waals surface area contributed by atoms with E-state index in [1.807, 2.05) is 0 Å². The second kappa shape index (κ2) is 5.70. The highest BCUT2D eigenvalue weighted by Gasteiger charge is 2.06. The van der Waals surface area contributed by atoms with Crippen molar-refractivity contribution in [1.29, 1.82) is 5.26 Å². The number of benzene rings is 1. The summed E-state index contributed by atoms with van der Waals surface area (Å²) in [6, 6.07) is 6.15. The minimum Gasteiger partial charge on any atom is -0.271 e. The maximum atomic E-state index is 11.2. The van der Waals surface area contributed by atoms with E-state index in [9.17, 15) is 8.42 Å². The Balaban J connectivity index is 3.00. The van der Waals surface area contributed by atoms with Crippen molar-refractivity contribution in [2.24, 2.45) is 4.99 Å². The number of nitrogens with zero attached hydrogens (tertiary/aromatic N) is 2. The van der Waals surface area contributed by atoms with E-state index in [1.54, 1.807) is 24.6 Å². The highest BCUT2D eigenvalue weighted by atomic mass is 32.2. The van der Waals surface area contributed by atoms with E-state index in [1.165, 1.54) is 23.9 Å². The quantitative estimate of drug-likeness (QED) is 0.381. The van der Waals surface area contributed by atoms with Crippen LogP contribution in [0.5, 0.6) is 0 Å². The first-order valence-electron chi connectivity index (χ1n) is 4.55. The average molecular weight is 269 g/mol. The molecule has 7 heteroatoms. The molecule has 17 heavy (non-hydrogen) atoms. The molecule has 0 spiro atoms. The fraction of sp³-hybridized carbons (Fsp3) is 0.200. The van der Waals surface area contributed by atoms with Crippen LogP contribution in [-0.4, -0.2) is 26.1 Å². The fourth-order valence-electron chi connectivity index (χ4n) is 1.06. The molecule has 0 saturated carbocycles. The van der Waals surface area contributed by atoms with Crippen molar-refractivity contribution in [2.45, 2.75) is 4.90 Å². The zero-order valence-corrected chi connectivity index (χ0v) is 11.0. The molecular weight excluding hydrogens is 258 g/mol. The lowest BCUT2D eigenvalue weighted by Crippen LogP contribution is -2.12. The predicted octanol–water partition coefficient (Wildman–Crippen LogP) is 1.51. The van der Waals surface area contributed by atoms with E-state index in [0.717, 1.165) is 6.26 Å². The van der Waals surface area contributed by atoms with Crippen LogP contribution in [0.1, 0.15) is 0 Å². The molecule has 0 aliphatic heterocycles. The van der Waals surface area contributed by atoms with Crippen molar-refractivity contribution in [3.8, 4) is 6.19 Å². The van der Waals surface area contributed by atoms with E-state index in [2.05, 4.69) is 10.3 Å². The number of nitrogens with one attached hydrogen (secondary N) is 1. The maximum absolute atomic E-state index is 11.2. The number of aliphatic imine (C=N–C) groups is 1. The summed E-state index contributed by atoms with van der Waals surface area (Å²) < 4.78 is 22.5. The molecule has 0 bridgehead atoms. The van der Waals surface area contributed by atoms with E-state index in [4.69, 9.17) is 5.26 Å². The summed E-state index contributed by atoms with van der Waals surface area (Å²) in [4.78, 5) is 4.39. The number of hydrogen-bond acceptors (Lipinski definition) is 5. The van der Waals surface area contributed by atoms with E-state index in [-0.39, 0.29) is 4.90 Å². The van der Waals surface area contributed by atoms with Gasteiger partial charge in [0.25, 0.3) is 0 Å². The number of thioether (sulfide) groups is 1. The minimum atomic E-state index is -3.19. The van der Waals surface area contributed by atoms with Crippen LogP contribution in [-0.2, 0) is 9.84 Å². The molecule has 0 unspecified atom stereocenters. The molecule has 1 aromatic rings. The molecular formula is C10H11N3O2S2. The summed E-state index contributed by atoms with van der Waals surface area (Å²) >= 11 is 1.30. The van der Waals surface area contributed by atoms with Crippen molar-refractivity contribution < 1.29 is 8.42 Å². The second-order valence-electron chi connectivity index (χ2n) is 3.12. The summed E-state index contributed by atoms with van der Waals surface area (Å²) in [5.74, 6) is 0.